The molecule has 1 atom stereocenters. The Morgan fingerprint density at radius 1 is 0.944 bits per heavy atom. The molecule has 1 N–H and O–H groups in total. The number of aryl methyl sites for hydroxylation is 1. The van der Waals surface area contributed by atoms with E-state index in [-0.39, 0.29) is 11.5 Å². The van der Waals surface area contributed by atoms with E-state index in [0.717, 1.165) is 30.4 Å². The molecule has 6 heteroatoms. The van der Waals surface area contributed by atoms with Crippen LogP contribution in [0.15, 0.2) is 95.5 Å². The van der Waals surface area contributed by atoms with Crippen LogP contribution in [0.25, 0.3) is 0 Å². The second-order valence-corrected chi connectivity index (χ2v) is 9.89. The molecule has 3 aromatic rings. The molecular weight excluding hydrogens is 466 g/mol. The monoisotopic (exact) mass is 495 g/mol. The molecular formula is C30H29N3O2S. The maximum absolute atomic E-state index is 13.6. The van der Waals surface area contributed by atoms with E-state index in [1.54, 1.807) is 0 Å². The first-order valence-electron chi connectivity index (χ1n) is 12.2. The third-order valence-corrected chi connectivity index (χ3v) is 7.34. The molecule has 1 saturated heterocycles. The normalized spacial score (nSPS) is 16.5. The van der Waals surface area contributed by atoms with E-state index in [2.05, 4.69) is 42.6 Å². The van der Waals surface area contributed by atoms with Crippen LogP contribution in [0.2, 0.25) is 0 Å². The Morgan fingerprint density at radius 2 is 1.58 bits per heavy atom. The van der Waals surface area contributed by atoms with E-state index in [9.17, 15) is 14.9 Å². The molecule has 1 fully saturated rings. The molecule has 2 amide bonds. The molecule has 0 spiro atoms. The summed E-state index contributed by atoms with van der Waals surface area (Å²) in [7, 11) is 0. The molecule has 0 unspecified atom stereocenters. The Morgan fingerprint density at radius 3 is 2.22 bits per heavy atom. The Kier molecular flexibility index (Phi) is 8.59. The van der Waals surface area contributed by atoms with Crippen LogP contribution < -0.4 is 10.2 Å². The molecule has 1 heterocycles. The Labute approximate surface area is 216 Å². The number of hydrogen-bond acceptors (Lipinski definition) is 4. The molecule has 0 aliphatic carbocycles. The molecule has 1 aliphatic heterocycles. The summed E-state index contributed by atoms with van der Waals surface area (Å²) in [6, 6.07) is 29.2. The van der Waals surface area contributed by atoms with Gasteiger partial charge in [0.25, 0.3) is 5.91 Å². The van der Waals surface area contributed by atoms with Crippen molar-refractivity contribution in [2.45, 2.75) is 44.4 Å². The largest absolute Gasteiger partial charge is 0.347 e. The summed E-state index contributed by atoms with van der Waals surface area (Å²) in [6.45, 7) is 2.48. The van der Waals surface area contributed by atoms with Crippen LogP contribution in [0.4, 0.5) is 5.69 Å². The molecule has 1 aliphatic rings. The smallest absolute Gasteiger partial charge is 0.264 e. The van der Waals surface area contributed by atoms with Gasteiger partial charge in [-0.25, -0.2) is 0 Å². The van der Waals surface area contributed by atoms with Gasteiger partial charge >= 0.3 is 0 Å². The first kappa shape index (κ1) is 25.3. The fourth-order valence-corrected chi connectivity index (χ4v) is 5.41. The summed E-state index contributed by atoms with van der Waals surface area (Å²) < 4.78 is 0. The average molecular weight is 496 g/mol. The van der Waals surface area contributed by atoms with E-state index in [0.29, 0.717) is 23.7 Å². The first-order chi connectivity index (χ1) is 17.6. The summed E-state index contributed by atoms with van der Waals surface area (Å²) in [5.74, 6) is -0.613. The van der Waals surface area contributed by atoms with Gasteiger partial charge < -0.3 is 5.32 Å². The fraction of sp³-hybridized carbons (Fsp3) is 0.233. The number of nitriles is 1. The number of thioether (sulfide) groups is 1. The van der Waals surface area contributed by atoms with Crippen LogP contribution in [0.1, 0.15) is 36.5 Å². The molecule has 5 nitrogen and oxygen atoms in total. The number of rotatable bonds is 9. The lowest BCUT2D eigenvalue weighted by Crippen LogP contribution is -2.32. The molecule has 0 radical (unpaired) electrons. The standard InChI is InChI=1S/C30H29N3O2S/c1-2-3-10-22-15-17-23(18-16-22)19-27-29(35)33(25-13-8-5-9-14-25)30(36-27)26(20-31)28(34)32-21-24-11-6-4-7-12-24/h4-9,11-18,27H,2-3,10,19,21H2,1H3,(H,32,34)/b30-26+/t27-/m1/s1. The number of hydrogen-bond donors (Lipinski definition) is 1. The highest BCUT2D eigenvalue weighted by Gasteiger charge is 2.40. The van der Waals surface area contributed by atoms with E-state index in [1.165, 1.54) is 22.2 Å². The number of amides is 2. The molecule has 36 heavy (non-hydrogen) atoms. The molecule has 0 saturated carbocycles. The quantitative estimate of drug-likeness (QED) is 0.302. The summed E-state index contributed by atoms with van der Waals surface area (Å²) in [6.07, 6.45) is 3.88. The maximum atomic E-state index is 13.6. The van der Waals surface area contributed by atoms with E-state index >= 15 is 0 Å². The number of para-hydroxylation sites is 1. The average Bonchev–Trinajstić information content (AvgIpc) is 3.23. The van der Waals surface area contributed by atoms with Crippen molar-refractivity contribution in [3.05, 3.63) is 112 Å². The highest BCUT2D eigenvalue weighted by molar-refractivity contribution is 8.05. The Balaban J connectivity index is 1.59. The van der Waals surface area contributed by atoms with Crippen LogP contribution in [-0.2, 0) is 29.0 Å². The molecule has 0 bridgehead atoms. The summed E-state index contributed by atoms with van der Waals surface area (Å²) >= 11 is 1.29. The van der Waals surface area contributed by atoms with Gasteiger partial charge in [-0.05, 0) is 48.1 Å². The zero-order valence-corrected chi connectivity index (χ0v) is 21.1. The van der Waals surface area contributed by atoms with Crippen molar-refractivity contribution in [1.29, 1.82) is 5.26 Å². The second kappa shape index (κ2) is 12.2. The van der Waals surface area contributed by atoms with Gasteiger partial charge in [0.05, 0.1) is 5.25 Å². The van der Waals surface area contributed by atoms with Gasteiger partial charge in [-0.1, -0.05) is 97.9 Å². The lowest BCUT2D eigenvalue weighted by molar-refractivity contribution is -0.117. The van der Waals surface area contributed by atoms with Gasteiger partial charge in [0, 0.05) is 12.2 Å². The van der Waals surface area contributed by atoms with Crippen molar-refractivity contribution in [1.82, 2.24) is 5.32 Å². The highest BCUT2D eigenvalue weighted by Crippen LogP contribution is 2.41. The third-order valence-electron chi connectivity index (χ3n) is 6.08. The van der Waals surface area contributed by atoms with Gasteiger partial charge in [0.2, 0.25) is 5.91 Å². The van der Waals surface area contributed by atoms with Crippen molar-refractivity contribution in [3.63, 3.8) is 0 Å². The molecule has 182 valence electrons. The highest BCUT2D eigenvalue weighted by atomic mass is 32.2. The van der Waals surface area contributed by atoms with Gasteiger partial charge in [-0.15, -0.1) is 0 Å². The van der Waals surface area contributed by atoms with Gasteiger partial charge in [-0.2, -0.15) is 5.26 Å². The number of carbonyl (C=O) groups is 2. The number of nitrogens with one attached hydrogen (secondary N) is 1. The molecule has 0 aromatic heterocycles. The Hall–Kier alpha value is -3.82. The summed E-state index contributed by atoms with van der Waals surface area (Å²) in [5, 5.41) is 12.7. The number of benzene rings is 3. The van der Waals surface area contributed by atoms with Crippen molar-refractivity contribution in [2.75, 3.05) is 4.90 Å². The predicted octanol–water partition coefficient (Wildman–Crippen LogP) is 5.77. The van der Waals surface area contributed by atoms with Crippen LogP contribution in [0, 0.1) is 11.3 Å². The zero-order valence-electron chi connectivity index (χ0n) is 20.3. The summed E-state index contributed by atoms with van der Waals surface area (Å²) in [5.41, 5.74) is 3.88. The maximum Gasteiger partial charge on any atom is 0.264 e. The zero-order chi connectivity index (χ0) is 25.3. The number of nitrogens with zero attached hydrogens (tertiary/aromatic N) is 2. The topological polar surface area (TPSA) is 73.2 Å². The number of unbranched alkanes of at least 4 members (excludes halogenated alkanes) is 1. The predicted molar refractivity (Wildman–Crippen MR) is 145 cm³/mol. The van der Waals surface area contributed by atoms with Gasteiger partial charge in [-0.3, -0.25) is 14.5 Å². The first-order valence-corrected chi connectivity index (χ1v) is 13.1. The minimum atomic E-state index is -0.487. The second-order valence-electron chi connectivity index (χ2n) is 8.70. The number of carbonyl (C=O) groups excluding carboxylic acids is 2. The number of anilines is 1. The minimum absolute atomic E-state index is 0.0504. The lowest BCUT2D eigenvalue weighted by atomic mass is 10.0. The molecule has 4 rings (SSSR count). The van der Waals surface area contributed by atoms with Crippen LogP contribution in [-0.4, -0.2) is 17.1 Å². The minimum Gasteiger partial charge on any atom is -0.347 e. The molecule has 3 aromatic carbocycles. The van der Waals surface area contributed by atoms with Crippen molar-refractivity contribution in [2.24, 2.45) is 0 Å². The lowest BCUT2D eigenvalue weighted by Gasteiger charge is -2.18. The van der Waals surface area contributed by atoms with Gasteiger partial charge in [0.15, 0.2) is 0 Å². The van der Waals surface area contributed by atoms with Crippen molar-refractivity contribution in [3.8, 4) is 6.07 Å². The fourth-order valence-electron chi connectivity index (χ4n) is 4.10. The SMILES string of the molecule is CCCCc1ccc(C[C@H]2S/C(=C(\C#N)C(=O)NCc3ccccc3)N(c3ccccc3)C2=O)cc1. The van der Waals surface area contributed by atoms with Crippen LogP contribution in [0.5, 0.6) is 0 Å². The Bertz CT molecular complexity index is 1270. The van der Waals surface area contributed by atoms with Crippen molar-refractivity contribution >= 4 is 29.3 Å². The van der Waals surface area contributed by atoms with E-state index in [1.807, 2.05) is 60.7 Å². The van der Waals surface area contributed by atoms with E-state index < -0.39 is 11.2 Å². The third kappa shape index (κ3) is 6.05. The van der Waals surface area contributed by atoms with Crippen LogP contribution >= 0.6 is 11.8 Å². The van der Waals surface area contributed by atoms with Crippen molar-refractivity contribution < 1.29 is 9.59 Å². The van der Waals surface area contributed by atoms with Crippen LogP contribution in [0.3, 0.4) is 0 Å². The summed E-state index contributed by atoms with van der Waals surface area (Å²) in [4.78, 5) is 28.2. The van der Waals surface area contributed by atoms with Gasteiger partial charge in [0.1, 0.15) is 16.7 Å². The van der Waals surface area contributed by atoms with E-state index in [4.69, 9.17) is 0 Å².